The van der Waals surface area contributed by atoms with Gasteiger partial charge in [-0.1, -0.05) is 20.8 Å². The zero-order valence-electron chi connectivity index (χ0n) is 9.84. The molecule has 0 aromatic heterocycles. The van der Waals surface area contributed by atoms with Crippen LogP contribution in [0.15, 0.2) is 0 Å². The summed E-state index contributed by atoms with van der Waals surface area (Å²) in [6.45, 7) is 7.73. The lowest BCUT2D eigenvalue weighted by Gasteiger charge is -2.42. The first-order valence-corrected chi connectivity index (χ1v) is 5.74. The number of rotatable bonds is 3. The molecule has 1 fully saturated rings. The van der Waals surface area contributed by atoms with Crippen LogP contribution in [-0.4, -0.2) is 18.3 Å². The van der Waals surface area contributed by atoms with Crippen LogP contribution in [0.2, 0.25) is 0 Å². The summed E-state index contributed by atoms with van der Waals surface area (Å²) in [6.07, 6.45) is 4.89. The van der Waals surface area contributed by atoms with E-state index in [0.29, 0.717) is 17.9 Å². The van der Waals surface area contributed by atoms with Gasteiger partial charge in [-0.15, -0.1) is 0 Å². The Morgan fingerprint density at radius 2 is 1.86 bits per heavy atom. The number of nitrogens with two attached hydrogens (primary N) is 1. The highest BCUT2D eigenvalue weighted by Crippen LogP contribution is 2.44. The summed E-state index contributed by atoms with van der Waals surface area (Å²) >= 11 is 0. The molecule has 0 saturated heterocycles. The summed E-state index contributed by atoms with van der Waals surface area (Å²) in [6, 6.07) is 0. The topological polar surface area (TPSA) is 46.2 Å². The van der Waals surface area contributed by atoms with Crippen molar-refractivity contribution in [2.24, 2.45) is 22.5 Å². The van der Waals surface area contributed by atoms with E-state index in [0.717, 1.165) is 6.54 Å². The first-order valence-electron chi connectivity index (χ1n) is 5.74. The van der Waals surface area contributed by atoms with E-state index < -0.39 is 0 Å². The van der Waals surface area contributed by atoms with Crippen molar-refractivity contribution in [3.05, 3.63) is 0 Å². The molecule has 2 nitrogen and oxygen atoms in total. The van der Waals surface area contributed by atoms with Crippen molar-refractivity contribution >= 4 is 0 Å². The molecular weight excluding hydrogens is 174 g/mol. The van der Waals surface area contributed by atoms with Crippen molar-refractivity contribution in [3.8, 4) is 0 Å². The predicted octanol–water partition coefficient (Wildman–Crippen LogP) is 2.16. The second-order valence-corrected chi connectivity index (χ2v) is 5.94. The van der Waals surface area contributed by atoms with E-state index in [2.05, 4.69) is 20.8 Å². The molecular formula is C12H25NO. The van der Waals surface area contributed by atoms with Gasteiger partial charge in [0.2, 0.25) is 0 Å². The van der Waals surface area contributed by atoms with Crippen LogP contribution in [0.1, 0.15) is 46.5 Å². The molecule has 0 atom stereocenters. The zero-order chi connectivity index (χ0) is 10.8. The SMILES string of the molecule is CC1(CN)CCC(C(C)(C)CO)CC1. The Morgan fingerprint density at radius 3 is 2.21 bits per heavy atom. The van der Waals surface area contributed by atoms with E-state index in [1.807, 2.05) is 0 Å². The molecule has 1 aliphatic rings. The molecule has 0 heterocycles. The van der Waals surface area contributed by atoms with Crippen LogP contribution < -0.4 is 5.73 Å². The van der Waals surface area contributed by atoms with Crippen molar-refractivity contribution < 1.29 is 5.11 Å². The van der Waals surface area contributed by atoms with E-state index >= 15 is 0 Å². The van der Waals surface area contributed by atoms with E-state index in [9.17, 15) is 5.11 Å². The maximum atomic E-state index is 9.31. The average molecular weight is 199 g/mol. The minimum Gasteiger partial charge on any atom is -0.396 e. The third-order valence-corrected chi connectivity index (χ3v) is 4.20. The number of hydrogen-bond donors (Lipinski definition) is 2. The van der Waals surface area contributed by atoms with Crippen LogP contribution in [0.25, 0.3) is 0 Å². The molecule has 1 rings (SSSR count). The molecule has 0 aliphatic heterocycles. The summed E-state index contributed by atoms with van der Waals surface area (Å²) in [5, 5.41) is 9.31. The van der Waals surface area contributed by atoms with E-state index in [1.54, 1.807) is 0 Å². The Kier molecular flexibility index (Phi) is 3.59. The fraction of sp³-hybridized carbons (Fsp3) is 1.00. The van der Waals surface area contributed by atoms with E-state index in [1.165, 1.54) is 25.7 Å². The van der Waals surface area contributed by atoms with Gasteiger partial charge < -0.3 is 10.8 Å². The molecule has 1 aliphatic carbocycles. The van der Waals surface area contributed by atoms with Crippen molar-refractivity contribution in [1.82, 2.24) is 0 Å². The fourth-order valence-corrected chi connectivity index (χ4v) is 2.43. The average Bonchev–Trinajstić information content (AvgIpc) is 2.19. The van der Waals surface area contributed by atoms with Crippen molar-refractivity contribution in [1.29, 1.82) is 0 Å². The van der Waals surface area contributed by atoms with Crippen molar-refractivity contribution in [2.75, 3.05) is 13.2 Å². The van der Waals surface area contributed by atoms with Crippen LogP contribution in [0.3, 0.4) is 0 Å². The smallest absolute Gasteiger partial charge is 0.0484 e. The predicted molar refractivity (Wildman–Crippen MR) is 60.0 cm³/mol. The Hall–Kier alpha value is -0.0800. The zero-order valence-corrected chi connectivity index (χ0v) is 9.84. The fourth-order valence-electron chi connectivity index (χ4n) is 2.43. The molecule has 0 amide bonds. The largest absolute Gasteiger partial charge is 0.396 e. The molecule has 0 spiro atoms. The number of hydrogen-bond acceptors (Lipinski definition) is 2. The molecule has 14 heavy (non-hydrogen) atoms. The molecule has 3 N–H and O–H groups in total. The molecule has 0 radical (unpaired) electrons. The lowest BCUT2D eigenvalue weighted by atomic mass is 9.64. The normalized spacial score (nSPS) is 34.5. The third-order valence-electron chi connectivity index (χ3n) is 4.20. The summed E-state index contributed by atoms with van der Waals surface area (Å²) in [5.41, 5.74) is 6.23. The molecule has 84 valence electrons. The van der Waals surface area contributed by atoms with Gasteiger partial charge in [-0.05, 0) is 49.0 Å². The van der Waals surface area contributed by atoms with Gasteiger partial charge in [0.1, 0.15) is 0 Å². The van der Waals surface area contributed by atoms with Crippen LogP contribution in [-0.2, 0) is 0 Å². The maximum absolute atomic E-state index is 9.31. The van der Waals surface area contributed by atoms with Crippen LogP contribution in [0.4, 0.5) is 0 Å². The third kappa shape index (κ3) is 2.48. The van der Waals surface area contributed by atoms with Gasteiger partial charge in [0, 0.05) is 6.61 Å². The standard InChI is InChI=1S/C12H25NO/c1-11(2,9-14)10-4-6-12(3,8-13)7-5-10/h10,14H,4-9,13H2,1-3H3. The maximum Gasteiger partial charge on any atom is 0.0484 e. The lowest BCUT2D eigenvalue weighted by molar-refractivity contribution is 0.0441. The van der Waals surface area contributed by atoms with Gasteiger partial charge >= 0.3 is 0 Å². The van der Waals surface area contributed by atoms with Gasteiger partial charge in [-0.25, -0.2) is 0 Å². The first kappa shape index (κ1) is 12.0. The number of aliphatic hydroxyl groups excluding tert-OH is 1. The van der Waals surface area contributed by atoms with Gasteiger partial charge in [0.15, 0.2) is 0 Å². The molecule has 0 bridgehead atoms. The Bertz CT molecular complexity index is 181. The first-order chi connectivity index (χ1) is 6.43. The Labute approximate surface area is 87.9 Å². The second kappa shape index (κ2) is 4.19. The van der Waals surface area contributed by atoms with Gasteiger partial charge in [-0.2, -0.15) is 0 Å². The van der Waals surface area contributed by atoms with Crippen LogP contribution in [0, 0.1) is 16.7 Å². The molecule has 0 aromatic rings. The number of aliphatic hydroxyl groups is 1. The van der Waals surface area contributed by atoms with Gasteiger partial charge in [0.25, 0.3) is 0 Å². The monoisotopic (exact) mass is 199 g/mol. The summed E-state index contributed by atoms with van der Waals surface area (Å²) in [4.78, 5) is 0. The highest BCUT2D eigenvalue weighted by atomic mass is 16.3. The molecule has 0 aromatic carbocycles. The molecule has 0 unspecified atom stereocenters. The Balaban J connectivity index is 2.51. The highest BCUT2D eigenvalue weighted by molar-refractivity contribution is 4.88. The van der Waals surface area contributed by atoms with Gasteiger partial charge in [-0.3, -0.25) is 0 Å². The van der Waals surface area contributed by atoms with E-state index in [-0.39, 0.29) is 5.41 Å². The van der Waals surface area contributed by atoms with Gasteiger partial charge in [0.05, 0.1) is 0 Å². The minimum absolute atomic E-state index is 0.0932. The van der Waals surface area contributed by atoms with Crippen molar-refractivity contribution in [3.63, 3.8) is 0 Å². The minimum atomic E-state index is 0.0932. The van der Waals surface area contributed by atoms with Crippen molar-refractivity contribution in [2.45, 2.75) is 46.5 Å². The summed E-state index contributed by atoms with van der Waals surface area (Å²) < 4.78 is 0. The summed E-state index contributed by atoms with van der Waals surface area (Å²) in [5.74, 6) is 0.673. The quantitative estimate of drug-likeness (QED) is 0.731. The lowest BCUT2D eigenvalue weighted by Crippen LogP contribution is -2.37. The van der Waals surface area contributed by atoms with E-state index in [4.69, 9.17) is 5.73 Å². The highest BCUT2D eigenvalue weighted by Gasteiger charge is 2.36. The second-order valence-electron chi connectivity index (χ2n) is 5.94. The molecule has 1 saturated carbocycles. The van der Waals surface area contributed by atoms with Crippen LogP contribution >= 0.6 is 0 Å². The molecule has 2 heteroatoms. The van der Waals surface area contributed by atoms with Crippen LogP contribution in [0.5, 0.6) is 0 Å². The Morgan fingerprint density at radius 1 is 1.36 bits per heavy atom. The summed E-state index contributed by atoms with van der Waals surface area (Å²) in [7, 11) is 0.